The number of piperazine rings is 1. The first-order valence-electron chi connectivity index (χ1n) is 7.27. The molecular weight excluding hydrogens is 240 g/mol. The Hall–Kier alpha value is -1.20. The molecule has 19 heavy (non-hydrogen) atoms. The first kappa shape index (κ1) is 12.8. The molecule has 2 heterocycles. The van der Waals surface area contributed by atoms with Crippen molar-refractivity contribution in [3.63, 3.8) is 0 Å². The van der Waals surface area contributed by atoms with Crippen molar-refractivity contribution in [2.75, 3.05) is 44.2 Å². The van der Waals surface area contributed by atoms with Crippen LogP contribution in [0.25, 0.3) is 0 Å². The Balaban J connectivity index is 1.57. The zero-order valence-electron chi connectivity index (χ0n) is 11.3. The highest BCUT2D eigenvalue weighted by Gasteiger charge is 2.22. The van der Waals surface area contributed by atoms with Gasteiger partial charge in [-0.25, -0.2) is 9.97 Å². The zero-order chi connectivity index (χ0) is 13.1. The standard InChI is InChI=1S/C14H22N4O/c19-9-8-17-4-6-18(7-5-17)14-15-10-13(11-16-14)12-2-1-3-12/h10-12,19H,1-9H2. The smallest absolute Gasteiger partial charge is 0.225 e. The van der Waals surface area contributed by atoms with Gasteiger partial charge in [-0.1, -0.05) is 6.42 Å². The SMILES string of the molecule is OCCN1CCN(c2ncc(C3CCC3)cn2)CC1. The summed E-state index contributed by atoms with van der Waals surface area (Å²) >= 11 is 0. The molecule has 1 aliphatic carbocycles. The normalized spacial score (nSPS) is 21.4. The van der Waals surface area contributed by atoms with Crippen LogP contribution in [0.5, 0.6) is 0 Å². The summed E-state index contributed by atoms with van der Waals surface area (Å²) in [6.07, 6.45) is 7.95. The Kier molecular flexibility index (Phi) is 3.94. The first-order chi connectivity index (χ1) is 9.36. The summed E-state index contributed by atoms with van der Waals surface area (Å²) in [6, 6.07) is 0. The average Bonchev–Trinajstić information content (AvgIpc) is 2.39. The third-order valence-corrected chi connectivity index (χ3v) is 4.31. The van der Waals surface area contributed by atoms with Crippen LogP contribution in [0.4, 0.5) is 5.95 Å². The maximum absolute atomic E-state index is 8.93. The lowest BCUT2D eigenvalue weighted by molar-refractivity contribution is 0.188. The lowest BCUT2D eigenvalue weighted by Gasteiger charge is -2.34. The van der Waals surface area contributed by atoms with Crippen LogP contribution < -0.4 is 4.90 Å². The highest BCUT2D eigenvalue weighted by molar-refractivity contribution is 5.31. The number of nitrogens with zero attached hydrogens (tertiary/aromatic N) is 4. The van der Waals surface area contributed by atoms with Crippen molar-refractivity contribution >= 4 is 5.95 Å². The minimum atomic E-state index is 0.243. The summed E-state index contributed by atoms with van der Waals surface area (Å²) < 4.78 is 0. The van der Waals surface area contributed by atoms with E-state index in [9.17, 15) is 0 Å². The summed E-state index contributed by atoms with van der Waals surface area (Å²) in [4.78, 5) is 13.6. The van der Waals surface area contributed by atoms with E-state index in [1.807, 2.05) is 12.4 Å². The number of hydrogen-bond donors (Lipinski definition) is 1. The molecule has 0 amide bonds. The summed E-state index contributed by atoms with van der Waals surface area (Å²) in [7, 11) is 0. The van der Waals surface area contributed by atoms with Gasteiger partial charge in [0.15, 0.2) is 0 Å². The Labute approximate surface area is 114 Å². The van der Waals surface area contributed by atoms with Gasteiger partial charge in [0.1, 0.15) is 0 Å². The van der Waals surface area contributed by atoms with Crippen LogP contribution in [-0.2, 0) is 0 Å². The molecule has 0 unspecified atom stereocenters. The van der Waals surface area contributed by atoms with Crippen molar-refractivity contribution in [1.82, 2.24) is 14.9 Å². The number of aliphatic hydroxyl groups is 1. The van der Waals surface area contributed by atoms with Crippen molar-refractivity contribution in [3.05, 3.63) is 18.0 Å². The molecule has 1 saturated heterocycles. The monoisotopic (exact) mass is 262 g/mol. The fourth-order valence-corrected chi connectivity index (χ4v) is 2.76. The molecular formula is C14H22N4O. The van der Waals surface area contributed by atoms with Crippen LogP contribution in [0.3, 0.4) is 0 Å². The largest absolute Gasteiger partial charge is 0.395 e. The van der Waals surface area contributed by atoms with Gasteiger partial charge in [0.2, 0.25) is 5.95 Å². The highest BCUT2D eigenvalue weighted by atomic mass is 16.3. The van der Waals surface area contributed by atoms with E-state index in [2.05, 4.69) is 19.8 Å². The van der Waals surface area contributed by atoms with E-state index in [0.717, 1.165) is 38.7 Å². The van der Waals surface area contributed by atoms with Gasteiger partial charge in [-0.05, 0) is 24.3 Å². The van der Waals surface area contributed by atoms with Crippen molar-refractivity contribution in [1.29, 1.82) is 0 Å². The second-order valence-corrected chi connectivity index (χ2v) is 5.50. The van der Waals surface area contributed by atoms with Gasteiger partial charge in [0.05, 0.1) is 6.61 Å². The number of anilines is 1. The van der Waals surface area contributed by atoms with Crippen LogP contribution in [0.15, 0.2) is 12.4 Å². The first-order valence-corrected chi connectivity index (χ1v) is 7.27. The van der Waals surface area contributed by atoms with E-state index >= 15 is 0 Å². The molecule has 0 radical (unpaired) electrons. The van der Waals surface area contributed by atoms with Crippen molar-refractivity contribution in [3.8, 4) is 0 Å². The molecule has 1 saturated carbocycles. The van der Waals surface area contributed by atoms with Crippen LogP contribution in [0.2, 0.25) is 0 Å². The Bertz CT molecular complexity index is 396. The lowest BCUT2D eigenvalue weighted by atomic mass is 9.81. The van der Waals surface area contributed by atoms with Gasteiger partial charge in [0.25, 0.3) is 0 Å². The fourth-order valence-electron chi connectivity index (χ4n) is 2.76. The maximum atomic E-state index is 8.93. The molecule has 1 aliphatic heterocycles. The summed E-state index contributed by atoms with van der Waals surface area (Å²) in [6.45, 7) is 4.87. The minimum absolute atomic E-state index is 0.243. The molecule has 0 spiro atoms. The summed E-state index contributed by atoms with van der Waals surface area (Å²) in [5.74, 6) is 1.56. The molecule has 0 bridgehead atoms. The highest BCUT2D eigenvalue weighted by Crippen LogP contribution is 2.35. The Morgan fingerprint density at radius 1 is 1.11 bits per heavy atom. The van der Waals surface area contributed by atoms with E-state index in [4.69, 9.17) is 5.11 Å². The zero-order valence-corrected chi connectivity index (χ0v) is 11.3. The number of aliphatic hydroxyl groups excluding tert-OH is 1. The fraction of sp³-hybridized carbons (Fsp3) is 0.714. The number of hydrogen-bond acceptors (Lipinski definition) is 5. The van der Waals surface area contributed by atoms with Crippen molar-refractivity contribution < 1.29 is 5.11 Å². The molecule has 3 rings (SSSR count). The second-order valence-electron chi connectivity index (χ2n) is 5.50. The van der Waals surface area contributed by atoms with E-state index in [1.165, 1.54) is 24.8 Å². The third-order valence-electron chi connectivity index (χ3n) is 4.31. The Morgan fingerprint density at radius 3 is 2.32 bits per heavy atom. The molecule has 1 aromatic rings. The van der Waals surface area contributed by atoms with Crippen molar-refractivity contribution in [2.45, 2.75) is 25.2 Å². The van der Waals surface area contributed by atoms with Crippen LogP contribution >= 0.6 is 0 Å². The quantitative estimate of drug-likeness (QED) is 0.872. The molecule has 1 N–H and O–H groups in total. The van der Waals surface area contributed by atoms with Gasteiger partial charge in [-0.15, -0.1) is 0 Å². The van der Waals surface area contributed by atoms with Crippen LogP contribution in [0.1, 0.15) is 30.7 Å². The molecule has 104 valence electrons. The molecule has 0 aromatic carbocycles. The van der Waals surface area contributed by atoms with Crippen LogP contribution in [0, 0.1) is 0 Å². The number of aromatic nitrogens is 2. The van der Waals surface area contributed by atoms with E-state index in [1.54, 1.807) is 0 Å². The number of β-amino-alcohol motifs (C(OH)–C–C–N with tert-alkyl or cyclic N) is 1. The molecule has 2 aliphatic rings. The molecule has 5 heteroatoms. The minimum Gasteiger partial charge on any atom is -0.395 e. The van der Waals surface area contributed by atoms with E-state index in [0.29, 0.717) is 5.92 Å². The predicted molar refractivity (Wildman–Crippen MR) is 74.4 cm³/mol. The number of rotatable bonds is 4. The molecule has 2 fully saturated rings. The van der Waals surface area contributed by atoms with Crippen molar-refractivity contribution in [2.24, 2.45) is 0 Å². The molecule has 1 aromatic heterocycles. The van der Waals surface area contributed by atoms with E-state index in [-0.39, 0.29) is 6.61 Å². The predicted octanol–water partition coefficient (Wildman–Crippen LogP) is 0.858. The van der Waals surface area contributed by atoms with Gasteiger partial charge in [-0.2, -0.15) is 0 Å². The second kappa shape index (κ2) is 5.84. The molecule has 0 atom stereocenters. The topological polar surface area (TPSA) is 52.5 Å². The average molecular weight is 262 g/mol. The van der Waals surface area contributed by atoms with Gasteiger partial charge in [0, 0.05) is 45.1 Å². The Morgan fingerprint density at radius 2 is 1.79 bits per heavy atom. The summed E-state index contributed by atoms with van der Waals surface area (Å²) in [5.41, 5.74) is 1.30. The molecule has 5 nitrogen and oxygen atoms in total. The lowest BCUT2D eigenvalue weighted by Crippen LogP contribution is -2.47. The van der Waals surface area contributed by atoms with Gasteiger partial charge in [-0.3, -0.25) is 4.90 Å². The van der Waals surface area contributed by atoms with E-state index < -0.39 is 0 Å². The van der Waals surface area contributed by atoms with Gasteiger partial charge >= 0.3 is 0 Å². The maximum Gasteiger partial charge on any atom is 0.225 e. The van der Waals surface area contributed by atoms with Crippen LogP contribution in [-0.4, -0.2) is 59.3 Å². The third kappa shape index (κ3) is 2.87. The van der Waals surface area contributed by atoms with Gasteiger partial charge < -0.3 is 10.0 Å². The summed E-state index contributed by atoms with van der Waals surface area (Å²) in [5, 5.41) is 8.93.